The summed E-state index contributed by atoms with van der Waals surface area (Å²) >= 11 is 1.50. The Hall–Kier alpha value is -1.40. The van der Waals surface area contributed by atoms with Crippen molar-refractivity contribution in [1.82, 2.24) is 5.32 Å². The van der Waals surface area contributed by atoms with Crippen molar-refractivity contribution in [2.24, 2.45) is 0 Å². The second-order valence-electron chi connectivity index (χ2n) is 3.38. The molecule has 0 bridgehead atoms. The smallest absolute Gasteiger partial charge is 0.256 e. The quantitative estimate of drug-likeness (QED) is 0.788. The van der Waals surface area contributed by atoms with Crippen LogP contribution >= 0.6 is 11.3 Å². The van der Waals surface area contributed by atoms with E-state index < -0.39 is 6.10 Å². The van der Waals surface area contributed by atoms with Crippen LogP contribution in [0, 0.1) is 0 Å². The van der Waals surface area contributed by atoms with Crippen molar-refractivity contribution in [3.05, 3.63) is 16.3 Å². The average molecular weight is 241 g/mol. The van der Waals surface area contributed by atoms with E-state index in [1.165, 1.54) is 11.3 Å². The molecule has 1 fully saturated rings. The molecule has 0 aromatic carbocycles. The fourth-order valence-corrected chi connectivity index (χ4v) is 2.24. The van der Waals surface area contributed by atoms with E-state index in [1.54, 1.807) is 7.11 Å². The molecule has 0 radical (unpaired) electrons. The van der Waals surface area contributed by atoms with Crippen LogP contribution in [0.15, 0.2) is 10.8 Å². The largest absolute Gasteiger partial charge is 0.496 e. The maximum absolute atomic E-state index is 11.2. The number of rotatable bonds is 4. The molecule has 0 saturated carbocycles. The third-order valence-electron chi connectivity index (χ3n) is 2.29. The molecule has 6 heteroatoms. The van der Waals surface area contributed by atoms with E-state index in [2.05, 4.69) is 5.32 Å². The van der Waals surface area contributed by atoms with Crippen LogP contribution in [0.1, 0.15) is 12.0 Å². The average Bonchev–Trinajstić information content (AvgIpc) is 2.81. The summed E-state index contributed by atoms with van der Waals surface area (Å²) in [5, 5.41) is 5.95. The summed E-state index contributed by atoms with van der Waals surface area (Å²) < 4.78 is 10.5. The summed E-state index contributed by atoms with van der Waals surface area (Å²) in [5.41, 5.74) is 0.889. The molecule has 86 valence electrons. The Morgan fingerprint density at radius 3 is 2.94 bits per heavy atom. The summed E-state index contributed by atoms with van der Waals surface area (Å²) in [6, 6.07) is 0. The number of nitrogens with one attached hydrogen (secondary N) is 1. The molecular formula is C10H11NO4S. The molecule has 16 heavy (non-hydrogen) atoms. The van der Waals surface area contributed by atoms with E-state index >= 15 is 0 Å². The van der Waals surface area contributed by atoms with Crippen molar-refractivity contribution in [3.63, 3.8) is 0 Å². The van der Waals surface area contributed by atoms with Crippen molar-refractivity contribution in [1.29, 1.82) is 0 Å². The molecule has 1 N–H and O–H groups in total. The highest BCUT2D eigenvalue weighted by Gasteiger charge is 2.31. The van der Waals surface area contributed by atoms with Crippen molar-refractivity contribution < 1.29 is 19.1 Å². The van der Waals surface area contributed by atoms with Crippen LogP contribution < -0.4 is 10.1 Å². The molecule has 1 unspecified atom stereocenters. The molecule has 2 heterocycles. The molecule has 1 aliphatic heterocycles. The Morgan fingerprint density at radius 1 is 1.50 bits per heavy atom. The minimum Gasteiger partial charge on any atom is -0.496 e. The molecule has 1 saturated heterocycles. The second-order valence-corrected chi connectivity index (χ2v) is 4.13. The standard InChI is InChI=1S/C10H11NO4S/c1-14-8-5-16-4-6(8)3-15-7-2-9(12)11-10(7)13/h4-5,7H,2-3H2,1H3,(H,11,12,13). The van der Waals surface area contributed by atoms with Gasteiger partial charge in [-0.2, -0.15) is 0 Å². The minimum absolute atomic E-state index is 0.102. The number of amides is 2. The number of imide groups is 1. The summed E-state index contributed by atoms with van der Waals surface area (Å²) in [4.78, 5) is 22.1. The van der Waals surface area contributed by atoms with Gasteiger partial charge in [-0.15, -0.1) is 11.3 Å². The zero-order chi connectivity index (χ0) is 11.5. The van der Waals surface area contributed by atoms with E-state index in [0.717, 1.165) is 11.3 Å². The Labute approximate surface area is 96.4 Å². The molecule has 1 aliphatic rings. The van der Waals surface area contributed by atoms with Gasteiger partial charge in [-0.25, -0.2) is 0 Å². The molecule has 2 rings (SSSR count). The number of carbonyl (C=O) groups is 2. The lowest BCUT2D eigenvalue weighted by atomic mass is 10.3. The Morgan fingerprint density at radius 2 is 2.31 bits per heavy atom. The molecule has 1 aromatic rings. The van der Waals surface area contributed by atoms with Gasteiger partial charge in [0, 0.05) is 16.3 Å². The van der Waals surface area contributed by atoms with Gasteiger partial charge in [-0.3, -0.25) is 14.9 Å². The van der Waals surface area contributed by atoms with E-state index in [-0.39, 0.29) is 24.8 Å². The fraction of sp³-hybridized carbons (Fsp3) is 0.400. The lowest BCUT2D eigenvalue weighted by Gasteiger charge is -2.08. The predicted octanol–water partition coefficient (Wildman–Crippen LogP) is 0.688. The van der Waals surface area contributed by atoms with Crippen molar-refractivity contribution >= 4 is 23.2 Å². The SMILES string of the molecule is COc1cscc1COC1CC(=O)NC1=O. The van der Waals surface area contributed by atoms with Crippen molar-refractivity contribution in [2.45, 2.75) is 19.1 Å². The lowest BCUT2D eigenvalue weighted by Crippen LogP contribution is -2.26. The number of hydrogen-bond acceptors (Lipinski definition) is 5. The first-order valence-corrected chi connectivity index (χ1v) is 5.69. The van der Waals surface area contributed by atoms with Gasteiger partial charge in [-0.05, 0) is 0 Å². The number of carbonyl (C=O) groups excluding carboxylic acids is 2. The van der Waals surface area contributed by atoms with Gasteiger partial charge >= 0.3 is 0 Å². The number of methoxy groups -OCH3 is 1. The van der Waals surface area contributed by atoms with E-state index in [9.17, 15) is 9.59 Å². The first kappa shape index (κ1) is 11.1. The normalized spacial score (nSPS) is 19.9. The molecule has 0 spiro atoms. The highest BCUT2D eigenvalue weighted by Crippen LogP contribution is 2.24. The maximum Gasteiger partial charge on any atom is 0.256 e. The molecule has 1 atom stereocenters. The Bertz CT molecular complexity index is 415. The summed E-state index contributed by atoms with van der Waals surface area (Å²) in [5.74, 6) is 0.0983. The van der Waals surface area contributed by atoms with Crippen molar-refractivity contribution in [2.75, 3.05) is 7.11 Å². The highest BCUT2D eigenvalue weighted by molar-refractivity contribution is 7.08. The van der Waals surface area contributed by atoms with Crippen LogP contribution in [0.25, 0.3) is 0 Å². The van der Waals surface area contributed by atoms with Crippen LogP contribution in [0.3, 0.4) is 0 Å². The second kappa shape index (κ2) is 4.63. The summed E-state index contributed by atoms with van der Waals surface area (Å²) in [6.07, 6.45) is -0.567. The minimum atomic E-state index is -0.669. The lowest BCUT2D eigenvalue weighted by molar-refractivity contribution is -0.130. The molecule has 1 aromatic heterocycles. The summed E-state index contributed by atoms with van der Waals surface area (Å²) in [6.45, 7) is 0.276. The highest BCUT2D eigenvalue weighted by atomic mass is 32.1. The third kappa shape index (κ3) is 2.23. The fourth-order valence-electron chi connectivity index (χ4n) is 1.45. The van der Waals surface area contributed by atoms with Gasteiger partial charge in [0.15, 0.2) is 0 Å². The van der Waals surface area contributed by atoms with Crippen LogP contribution in [0.4, 0.5) is 0 Å². The monoisotopic (exact) mass is 241 g/mol. The number of thiophene rings is 1. The van der Waals surface area contributed by atoms with E-state index in [4.69, 9.17) is 9.47 Å². The van der Waals surface area contributed by atoms with E-state index in [1.807, 2.05) is 10.8 Å². The first-order chi connectivity index (χ1) is 7.70. The van der Waals surface area contributed by atoms with Crippen molar-refractivity contribution in [3.8, 4) is 5.75 Å². The maximum atomic E-state index is 11.2. The van der Waals surface area contributed by atoms with E-state index in [0.29, 0.717) is 0 Å². The number of hydrogen-bond donors (Lipinski definition) is 1. The first-order valence-electron chi connectivity index (χ1n) is 4.75. The van der Waals surface area contributed by atoms with Crippen LogP contribution in [0.2, 0.25) is 0 Å². The Balaban J connectivity index is 1.92. The van der Waals surface area contributed by atoms with Crippen LogP contribution in [0.5, 0.6) is 5.75 Å². The Kier molecular flexibility index (Phi) is 3.21. The van der Waals surface area contributed by atoms with Crippen LogP contribution in [-0.2, 0) is 20.9 Å². The zero-order valence-corrected chi connectivity index (χ0v) is 9.50. The summed E-state index contributed by atoms with van der Waals surface area (Å²) in [7, 11) is 1.58. The third-order valence-corrected chi connectivity index (χ3v) is 3.06. The molecule has 5 nitrogen and oxygen atoms in total. The topological polar surface area (TPSA) is 64.6 Å². The van der Waals surface area contributed by atoms with Gasteiger partial charge in [0.2, 0.25) is 5.91 Å². The number of ether oxygens (including phenoxy) is 2. The van der Waals surface area contributed by atoms with Gasteiger partial charge in [-0.1, -0.05) is 0 Å². The zero-order valence-electron chi connectivity index (χ0n) is 8.69. The van der Waals surface area contributed by atoms with Crippen LogP contribution in [-0.4, -0.2) is 25.0 Å². The molecule has 2 amide bonds. The predicted molar refractivity (Wildman–Crippen MR) is 57.2 cm³/mol. The molecule has 0 aliphatic carbocycles. The van der Waals surface area contributed by atoms with Gasteiger partial charge in [0.05, 0.1) is 20.1 Å². The van der Waals surface area contributed by atoms with Gasteiger partial charge in [0.1, 0.15) is 11.9 Å². The van der Waals surface area contributed by atoms with Gasteiger partial charge < -0.3 is 9.47 Å². The van der Waals surface area contributed by atoms with Gasteiger partial charge in [0.25, 0.3) is 5.91 Å². The molecular weight excluding hydrogens is 230 g/mol.